The first-order valence-electron chi connectivity index (χ1n) is 18.6. The second kappa shape index (κ2) is 17.2. The summed E-state index contributed by atoms with van der Waals surface area (Å²) in [6, 6.07) is -0.282. The lowest BCUT2D eigenvalue weighted by atomic mass is 9.78. The molecule has 0 aromatic heterocycles. The molecule has 4 fully saturated rings. The Kier molecular flexibility index (Phi) is 14.1. The summed E-state index contributed by atoms with van der Waals surface area (Å²) in [6.07, 6.45) is 1.97. The summed E-state index contributed by atoms with van der Waals surface area (Å²) in [5, 5.41) is 11.3. The molecule has 0 unspecified atom stereocenters. The fourth-order valence-corrected chi connectivity index (χ4v) is 8.03. The Hall–Kier alpha value is -1.67. The van der Waals surface area contributed by atoms with E-state index < -0.39 is 41.9 Å². The van der Waals surface area contributed by atoms with Gasteiger partial charge in [-0.05, 0) is 99.4 Å². The number of likely N-dealkylation sites (tertiary alicyclic amines) is 1. The van der Waals surface area contributed by atoms with Crippen molar-refractivity contribution < 1.29 is 38.4 Å². The van der Waals surface area contributed by atoms with Gasteiger partial charge in [-0.25, -0.2) is 0 Å². The Labute approximate surface area is 295 Å². The maximum absolute atomic E-state index is 14.1. The normalized spacial score (nSPS) is 35.8. The van der Waals surface area contributed by atoms with Crippen LogP contribution in [-0.4, -0.2) is 160 Å². The van der Waals surface area contributed by atoms with Gasteiger partial charge in [-0.3, -0.25) is 19.3 Å². The van der Waals surface area contributed by atoms with Crippen LogP contribution in [0.15, 0.2) is 0 Å². The number of ether oxygens (including phenoxy) is 4. The molecule has 4 aliphatic rings. The van der Waals surface area contributed by atoms with Crippen molar-refractivity contribution in [2.24, 2.45) is 29.1 Å². The summed E-state index contributed by atoms with van der Waals surface area (Å²) in [4.78, 5) is 49.2. The second-order valence-electron chi connectivity index (χ2n) is 16.5. The van der Waals surface area contributed by atoms with Crippen molar-refractivity contribution in [3.63, 3.8) is 0 Å². The number of nitrogens with zero attached hydrogens (tertiary/aromatic N) is 4. The van der Waals surface area contributed by atoms with Gasteiger partial charge in [0.25, 0.3) is 0 Å². The van der Waals surface area contributed by atoms with Crippen molar-refractivity contribution >= 4 is 17.7 Å². The summed E-state index contributed by atoms with van der Waals surface area (Å²) in [5.74, 6) is -0.339. The van der Waals surface area contributed by atoms with Crippen molar-refractivity contribution in [3.05, 3.63) is 0 Å². The van der Waals surface area contributed by atoms with Gasteiger partial charge in [-0.1, -0.05) is 13.8 Å². The van der Waals surface area contributed by atoms with Crippen molar-refractivity contribution in [1.29, 1.82) is 0 Å². The van der Waals surface area contributed by atoms with Gasteiger partial charge in [0, 0.05) is 63.6 Å². The van der Waals surface area contributed by atoms with E-state index in [0.29, 0.717) is 38.9 Å². The van der Waals surface area contributed by atoms with Gasteiger partial charge in [-0.15, -0.1) is 0 Å². The lowest BCUT2D eigenvalue weighted by molar-refractivity contribution is -0.284. The number of hydrogen-bond donors (Lipinski definition) is 1. The molecule has 0 aromatic rings. The first kappa shape index (κ1) is 40.1. The third-order valence-electron chi connectivity index (χ3n) is 11.5. The number of aliphatic hydroxyl groups excluding tert-OH is 1. The van der Waals surface area contributed by atoms with Crippen LogP contribution in [0.3, 0.4) is 0 Å². The predicted molar refractivity (Wildman–Crippen MR) is 187 cm³/mol. The molecule has 0 spiro atoms. The Morgan fingerprint density at radius 3 is 2.35 bits per heavy atom. The molecular weight excluding hydrogens is 628 g/mol. The van der Waals surface area contributed by atoms with Crippen LogP contribution in [0, 0.1) is 29.1 Å². The van der Waals surface area contributed by atoms with Gasteiger partial charge >= 0.3 is 5.97 Å². The number of Topliss-reactive ketones (excluding diaryl/α,β-unsaturated/α-hetero) is 1. The van der Waals surface area contributed by atoms with E-state index >= 15 is 0 Å². The minimum atomic E-state index is -1.44. The van der Waals surface area contributed by atoms with Gasteiger partial charge in [0.15, 0.2) is 12.1 Å². The molecular formula is C37H66N4O8. The molecule has 282 valence electrons. The fourth-order valence-electron chi connectivity index (χ4n) is 8.03. The number of carbonyl (C=O) groups excluding carboxylic acids is 3. The molecule has 1 N–H and O–H groups in total. The largest absolute Gasteiger partial charge is 0.463 e. The van der Waals surface area contributed by atoms with E-state index in [0.717, 1.165) is 25.4 Å². The zero-order valence-corrected chi connectivity index (χ0v) is 31.9. The van der Waals surface area contributed by atoms with Crippen molar-refractivity contribution in [2.75, 3.05) is 74.6 Å². The molecule has 12 nitrogen and oxygen atoms in total. The molecule has 3 saturated heterocycles. The van der Waals surface area contributed by atoms with Gasteiger partial charge in [-0.2, -0.15) is 0 Å². The zero-order valence-electron chi connectivity index (χ0n) is 31.9. The highest BCUT2D eigenvalue weighted by Crippen LogP contribution is 2.35. The van der Waals surface area contributed by atoms with Crippen molar-refractivity contribution in [1.82, 2.24) is 19.6 Å². The molecule has 9 atom stereocenters. The predicted octanol–water partition coefficient (Wildman–Crippen LogP) is 2.51. The van der Waals surface area contributed by atoms with Crippen LogP contribution in [0.1, 0.15) is 73.1 Å². The average Bonchev–Trinajstić information content (AvgIpc) is 3.83. The second-order valence-corrected chi connectivity index (χ2v) is 16.5. The van der Waals surface area contributed by atoms with E-state index in [1.807, 2.05) is 37.9 Å². The molecule has 4 rings (SSSR count). The average molecular weight is 695 g/mol. The standard InChI is InChI=1S/C37H66N4O8/c1-23-16-30(46-10)33(49-35-32(43)28(38(6)7)17-24(2)48-35)25(3)34(44)37(4,5)36(45)47-22-29(40(9)18-23)27-20-41(21-27)31(42)12-11-15-39(8)19-26-13-14-26/h23-30,32-33,35,43H,11-22H2,1-10H3/t23-,24-,25-,28+,29+,30-,32-,33-,35+/m1/s1. The van der Waals surface area contributed by atoms with E-state index in [4.69, 9.17) is 18.9 Å². The number of cyclic esters (lactones) is 1. The van der Waals surface area contributed by atoms with Gasteiger partial charge in [0.2, 0.25) is 5.91 Å². The molecule has 1 aliphatic carbocycles. The van der Waals surface area contributed by atoms with Crippen molar-refractivity contribution in [2.45, 2.75) is 116 Å². The topological polar surface area (TPSA) is 121 Å². The lowest BCUT2D eigenvalue weighted by Gasteiger charge is -2.46. The summed E-state index contributed by atoms with van der Waals surface area (Å²) in [7, 11) is 9.63. The van der Waals surface area contributed by atoms with E-state index in [1.54, 1.807) is 27.9 Å². The minimum Gasteiger partial charge on any atom is -0.463 e. The highest BCUT2D eigenvalue weighted by atomic mass is 16.7. The Balaban J connectivity index is 1.45. The molecule has 49 heavy (non-hydrogen) atoms. The molecule has 0 aromatic carbocycles. The quantitative estimate of drug-likeness (QED) is 0.254. The number of methoxy groups -OCH3 is 1. The summed E-state index contributed by atoms with van der Waals surface area (Å²) >= 11 is 0. The number of ketones is 1. The van der Waals surface area contributed by atoms with Crippen LogP contribution in [0.5, 0.6) is 0 Å². The van der Waals surface area contributed by atoms with Crippen LogP contribution in [-0.2, 0) is 33.3 Å². The molecule has 1 amide bonds. The first-order chi connectivity index (χ1) is 23.0. The summed E-state index contributed by atoms with van der Waals surface area (Å²) in [6.45, 7) is 13.2. The van der Waals surface area contributed by atoms with Crippen LogP contribution < -0.4 is 0 Å². The van der Waals surface area contributed by atoms with Crippen LogP contribution in [0.2, 0.25) is 0 Å². The molecule has 3 heterocycles. The highest BCUT2D eigenvalue weighted by molar-refractivity contribution is 6.04. The number of amides is 1. The smallest absolute Gasteiger partial charge is 0.319 e. The van der Waals surface area contributed by atoms with E-state index in [9.17, 15) is 19.5 Å². The van der Waals surface area contributed by atoms with Gasteiger partial charge < -0.3 is 38.8 Å². The summed E-state index contributed by atoms with van der Waals surface area (Å²) in [5.41, 5.74) is -1.44. The molecule has 0 bridgehead atoms. The van der Waals surface area contributed by atoms with Crippen molar-refractivity contribution in [3.8, 4) is 0 Å². The minimum absolute atomic E-state index is 0.104. The number of carbonyl (C=O) groups is 3. The lowest BCUT2D eigenvalue weighted by Crippen LogP contribution is -2.59. The number of rotatable bonds is 11. The Morgan fingerprint density at radius 1 is 1.06 bits per heavy atom. The van der Waals surface area contributed by atoms with Crippen LogP contribution in [0.25, 0.3) is 0 Å². The number of aliphatic hydroxyl groups is 1. The third-order valence-corrected chi connectivity index (χ3v) is 11.5. The highest BCUT2D eigenvalue weighted by Gasteiger charge is 2.48. The van der Waals surface area contributed by atoms with Crippen LogP contribution in [0.4, 0.5) is 0 Å². The van der Waals surface area contributed by atoms with Gasteiger partial charge in [0.05, 0.1) is 18.3 Å². The van der Waals surface area contributed by atoms with E-state index in [-0.39, 0.29) is 48.3 Å². The Morgan fingerprint density at radius 2 is 1.73 bits per heavy atom. The molecule has 3 aliphatic heterocycles. The molecule has 12 heteroatoms. The van der Waals surface area contributed by atoms with Gasteiger partial charge in [0.1, 0.15) is 18.1 Å². The monoisotopic (exact) mass is 694 g/mol. The van der Waals surface area contributed by atoms with E-state index in [2.05, 4.69) is 23.8 Å². The number of likely N-dealkylation sites (N-methyl/N-ethyl adjacent to an activating group) is 2. The number of esters is 1. The van der Waals surface area contributed by atoms with Crippen LogP contribution >= 0.6 is 0 Å². The third kappa shape index (κ3) is 10.2. The fraction of sp³-hybridized carbons (Fsp3) is 0.919. The Bertz CT molecular complexity index is 1110. The SMILES string of the molecule is CO[C@@H]1C[C@@H](C)CN(C)[C@H](C2CN(C(=O)CCCN(C)CC3CC3)C2)COC(=O)C(C)(C)C(=O)[C@H](C)[C@H]1O[C@@H]1O[C@H](C)C[C@H](N(C)C)[C@H]1O. The first-order valence-corrected chi connectivity index (χ1v) is 18.6. The summed E-state index contributed by atoms with van der Waals surface area (Å²) < 4.78 is 24.6. The molecule has 1 saturated carbocycles. The number of hydrogen-bond acceptors (Lipinski definition) is 11. The maximum atomic E-state index is 14.1. The molecule has 0 radical (unpaired) electrons. The maximum Gasteiger partial charge on any atom is 0.319 e. The zero-order chi connectivity index (χ0) is 36.2. The van der Waals surface area contributed by atoms with E-state index in [1.165, 1.54) is 12.8 Å².